The zero-order valence-electron chi connectivity index (χ0n) is 8.70. The number of aliphatic carboxylic acids is 1. The lowest BCUT2D eigenvalue weighted by atomic mass is 10.2. The molecule has 1 rings (SSSR count). The molecule has 1 aliphatic rings. The van der Waals surface area contributed by atoms with Crippen LogP contribution in [-0.4, -0.2) is 33.9 Å². The Balaban J connectivity index is 2.46. The van der Waals surface area contributed by atoms with Crippen LogP contribution in [0, 0.1) is 0 Å². The van der Waals surface area contributed by atoms with Crippen LogP contribution >= 0.6 is 12.6 Å². The Labute approximate surface area is 90.9 Å². The van der Waals surface area contributed by atoms with E-state index in [2.05, 4.69) is 19.6 Å². The minimum Gasteiger partial charge on any atom is -0.479 e. The lowest BCUT2D eigenvalue weighted by Gasteiger charge is -2.29. The summed E-state index contributed by atoms with van der Waals surface area (Å²) in [6.45, 7) is 3.89. The topological polar surface area (TPSA) is 40.5 Å². The molecule has 0 aliphatic carbocycles. The molecule has 82 valence electrons. The van der Waals surface area contributed by atoms with E-state index in [0.29, 0.717) is 6.42 Å². The first-order valence-electron chi connectivity index (χ1n) is 5.32. The third-order valence-electron chi connectivity index (χ3n) is 2.85. The molecular formula is C10H19NO2S. The van der Waals surface area contributed by atoms with E-state index in [-0.39, 0.29) is 0 Å². The number of nitrogens with zero attached hydrogens (tertiary/aromatic N) is 1. The van der Waals surface area contributed by atoms with Crippen LogP contribution in [0.1, 0.15) is 39.0 Å². The predicted octanol–water partition coefficient (Wildman–Crippen LogP) is 1.98. The second-order valence-corrected chi connectivity index (χ2v) is 4.66. The zero-order chi connectivity index (χ0) is 10.6. The quantitative estimate of drug-likeness (QED) is 0.546. The van der Waals surface area contributed by atoms with Gasteiger partial charge in [0.2, 0.25) is 0 Å². The summed E-state index contributed by atoms with van der Waals surface area (Å²) in [5.74, 6) is -0.796. The van der Waals surface area contributed by atoms with Crippen molar-refractivity contribution in [3.05, 3.63) is 0 Å². The summed E-state index contributed by atoms with van der Waals surface area (Å²) in [6.07, 6.45) is 5.02. The van der Waals surface area contributed by atoms with Crippen molar-refractivity contribution in [3.8, 4) is 0 Å². The van der Waals surface area contributed by atoms with Gasteiger partial charge >= 0.3 is 5.97 Å². The molecule has 0 radical (unpaired) electrons. The number of carboxylic acids is 1. The number of hydrogen-bond acceptors (Lipinski definition) is 3. The maximum atomic E-state index is 11.0. The van der Waals surface area contributed by atoms with E-state index in [9.17, 15) is 4.79 Å². The van der Waals surface area contributed by atoms with Gasteiger partial charge in [0.05, 0.1) is 0 Å². The fourth-order valence-electron chi connectivity index (χ4n) is 1.95. The van der Waals surface area contributed by atoms with Gasteiger partial charge in [-0.05, 0) is 25.8 Å². The van der Waals surface area contributed by atoms with Crippen molar-refractivity contribution in [2.24, 2.45) is 0 Å². The van der Waals surface area contributed by atoms with E-state index in [1.165, 1.54) is 12.8 Å². The summed E-state index contributed by atoms with van der Waals surface area (Å²) in [5.41, 5.74) is 0. The molecule has 1 unspecified atom stereocenters. The second kappa shape index (κ2) is 5.03. The van der Waals surface area contributed by atoms with Gasteiger partial charge in [0.15, 0.2) is 4.87 Å². The van der Waals surface area contributed by atoms with E-state index in [0.717, 1.165) is 25.9 Å². The molecule has 0 amide bonds. The smallest absolute Gasteiger partial charge is 0.334 e. The summed E-state index contributed by atoms with van der Waals surface area (Å²) in [6, 6.07) is 0. The summed E-state index contributed by atoms with van der Waals surface area (Å²) in [4.78, 5) is 12.1. The van der Waals surface area contributed by atoms with Gasteiger partial charge in [0, 0.05) is 6.54 Å². The maximum Gasteiger partial charge on any atom is 0.334 e. The highest BCUT2D eigenvalue weighted by Gasteiger charge is 2.43. The highest BCUT2D eigenvalue weighted by Crippen LogP contribution is 2.33. The van der Waals surface area contributed by atoms with Crippen molar-refractivity contribution in [2.75, 3.05) is 13.1 Å². The summed E-state index contributed by atoms with van der Waals surface area (Å²) in [7, 11) is 0. The molecular weight excluding hydrogens is 198 g/mol. The van der Waals surface area contributed by atoms with Crippen molar-refractivity contribution < 1.29 is 9.90 Å². The van der Waals surface area contributed by atoms with Crippen molar-refractivity contribution in [1.82, 2.24) is 4.90 Å². The molecule has 0 spiro atoms. The van der Waals surface area contributed by atoms with Gasteiger partial charge in [-0.3, -0.25) is 4.90 Å². The molecule has 1 atom stereocenters. The molecule has 1 saturated heterocycles. The van der Waals surface area contributed by atoms with Crippen LogP contribution in [0.15, 0.2) is 0 Å². The average molecular weight is 217 g/mol. The third-order valence-corrected chi connectivity index (χ3v) is 3.55. The number of thiol groups is 1. The van der Waals surface area contributed by atoms with Crippen LogP contribution in [-0.2, 0) is 4.79 Å². The summed E-state index contributed by atoms with van der Waals surface area (Å²) < 4.78 is 0. The van der Waals surface area contributed by atoms with Crippen LogP contribution in [0.2, 0.25) is 0 Å². The van der Waals surface area contributed by atoms with Gasteiger partial charge in [-0.25, -0.2) is 4.79 Å². The number of hydrogen-bond donors (Lipinski definition) is 2. The number of carbonyl (C=O) groups is 1. The van der Waals surface area contributed by atoms with Crippen molar-refractivity contribution in [3.63, 3.8) is 0 Å². The fraction of sp³-hybridized carbons (Fsp3) is 0.900. The second-order valence-electron chi connectivity index (χ2n) is 3.92. The van der Waals surface area contributed by atoms with Gasteiger partial charge in [0.1, 0.15) is 0 Å². The Morgan fingerprint density at radius 2 is 2.29 bits per heavy atom. The van der Waals surface area contributed by atoms with Crippen LogP contribution in [0.3, 0.4) is 0 Å². The van der Waals surface area contributed by atoms with E-state index >= 15 is 0 Å². The van der Waals surface area contributed by atoms with Crippen LogP contribution in [0.4, 0.5) is 0 Å². The molecule has 14 heavy (non-hydrogen) atoms. The predicted molar refractivity (Wildman–Crippen MR) is 59.7 cm³/mol. The highest BCUT2D eigenvalue weighted by molar-refractivity contribution is 7.82. The number of carboxylic acid groups (broad SMARTS) is 1. The van der Waals surface area contributed by atoms with E-state index in [4.69, 9.17) is 5.11 Å². The third kappa shape index (κ3) is 2.42. The molecule has 0 saturated carbocycles. The minimum atomic E-state index is -0.895. The zero-order valence-corrected chi connectivity index (χ0v) is 9.59. The molecule has 0 aromatic rings. The standard InChI is InChI=1S/C10H19NO2S/c1-2-3-4-7-11-8-5-6-10(11,14)9(12)13/h14H,2-8H2,1H3,(H,12,13). The van der Waals surface area contributed by atoms with Crippen molar-refractivity contribution in [2.45, 2.75) is 43.9 Å². The monoisotopic (exact) mass is 217 g/mol. The molecule has 1 N–H and O–H groups in total. The van der Waals surface area contributed by atoms with Gasteiger partial charge in [-0.15, -0.1) is 12.6 Å². The SMILES string of the molecule is CCCCCN1CCCC1(S)C(=O)O. The Kier molecular flexibility index (Phi) is 4.26. The van der Waals surface area contributed by atoms with Gasteiger partial charge in [-0.2, -0.15) is 0 Å². The molecule has 0 bridgehead atoms. The van der Waals surface area contributed by atoms with Crippen LogP contribution in [0.25, 0.3) is 0 Å². The Morgan fingerprint density at radius 1 is 1.57 bits per heavy atom. The van der Waals surface area contributed by atoms with Gasteiger partial charge in [-0.1, -0.05) is 19.8 Å². The summed E-state index contributed by atoms with van der Waals surface area (Å²) in [5, 5.41) is 9.08. The number of likely N-dealkylation sites (tertiary alicyclic amines) is 1. The largest absolute Gasteiger partial charge is 0.479 e. The highest BCUT2D eigenvalue weighted by atomic mass is 32.1. The first-order valence-corrected chi connectivity index (χ1v) is 5.77. The minimum absolute atomic E-state index is 0.664. The van der Waals surface area contributed by atoms with Crippen molar-refractivity contribution >= 4 is 18.6 Å². The molecule has 1 fully saturated rings. The van der Waals surface area contributed by atoms with E-state index in [1.807, 2.05) is 4.90 Å². The van der Waals surface area contributed by atoms with Crippen molar-refractivity contribution in [1.29, 1.82) is 0 Å². The number of rotatable bonds is 5. The van der Waals surface area contributed by atoms with Crippen LogP contribution < -0.4 is 0 Å². The lowest BCUT2D eigenvalue weighted by Crippen LogP contribution is -2.46. The molecule has 0 aromatic heterocycles. The van der Waals surface area contributed by atoms with E-state index in [1.54, 1.807) is 0 Å². The Morgan fingerprint density at radius 3 is 2.86 bits per heavy atom. The lowest BCUT2D eigenvalue weighted by molar-refractivity contribution is -0.144. The molecule has 3 nitrogen and oxygen atoms in total. The normalized spacial score (nSPS) is 28.1. The maximum absolute atomic E-state index is 11.0. The molecule has 1 heterocycles. The number of unbranched alkanes of at least 4 members (excludes halogenated alkanes) is 2. The molecule has 0 aromatic carbocycles. The first-order chi connectivity index (χ1) is 6.61. The van der Waals surface area contributed by atoms with E-state index < -0.39 is 10.8 Å². The van der Waals surface area contributed by atoms with Gasteiger partial charge in [0.25, 0.3) is 0 Å². The average Bonchev–Trinajstić information content (AvgIpc) is 2.50. The Bertz CT molecular complexity index is 210. The molecule has 1 aliphatic heterocycles. The summed E-state index contributed by atoms with van der Waals surface area (Å²) >= 11 is 4.30. The van der Waals surface area contributed by atoms with Crippen LogP contribution in [0.5, 0.6) is 0 Å². The first kappa shape index (κ1) is 11.9. The Hall–Kier alpha value is -0.220. The molecule has 4 heteroatoms. The fourth-order valence-corrected chi connectivity index (χ4v) is 2.31. The van der Waals surface area contributed by atoms with Gasteiger partial charge < -0.3 is 5.11 Å².